The smallest absolute Gasteiger partial charge is 0.175 e. The number of phenolic OH excluding ortho intramolecular Hbond substituents is 2. The van der Waals surface area contributed by atoms with E-state index in [0.717, 1.165) is 16.5 Å². The average molecular weight is 487 g/mol. The number of nitrogens with one attached hydrogen (secondary N) is 1. The topological polar surface area (TPSA) is 129 Å². The standard InChI is InChI=1S/C28H26N2O6/c1-13-24(33)22(15(3)31)26-23(25(13)34)28(4)20(36-26)11-19(32)21(27(28)35)14(2)29-10-9-16-12-30-18-8-6-5-7-17(16)18/h5-8,11-12,21,30,33-34H,9-10H2,1-4H3/t21?,28-/m0/s1. The normalized spacial score (nSPS) is 21.3. The predicted octanol–water partition coefficient (Wildman–Crippen LogP) is 4.10. The zero-order chi connectivity index (χ0) is 25.9. The van der Waals surface area contributed by atoms with E-state index < -0.39 is 34.4 Å². The summed E-state index contributed by atoms with van der Waals surface area (Å²) in [5, 5.41) is 22.5. The summed E-state index contributed by atoms with van der Waals surface area (Å²) in [7, 11) is 0. The van der Waals surface area contributed by atoms with Crippen LogP contribution in [0.4, 0.5) is 0 Å². The fourth-order valence-electron chi connectivity index (χ4n) is 5.28. The van der Waals surface area contributed by atoms with Crippen molar-refractivity contribution in [2.45, 2.75) is 39.5 Å². The van der Waals surface area contributed by atoms with Crippen LogP contribution in [-0.2, 0) is 21.4 Å². The summed E-state index contributed by atoms with van der Waals surface area (Å²) in [5.74, 6) is -3.41. The molecule has 3 N–H and O–H groups in total. The van der Waals surface area contributed by atoms with Gasteiger partial charge in [0.15, 0.2) is 17.3 Å². The van der Waals surface area contributed by atoms with Gasteiger partial charge in [-0.2, -0.15) is 0 Å². The van der Waals surface area contributed by atoms with Gasteiger partial charge in [0.25, 0.3) is 0 Å². The lowest BCUT2D eigenvalue weighted by atomic mass is 9.67. The second kappa shape index (κ2) is 8.19. The van der Waals surface area contributed by atoms with E-state index in [0.29, 0.717) is 18.7 Å². The van der Waals surface area contributed by atoms with Crippen molar-refractivity contribution in [3.05, 3.63) is 64.6 Å². The Bertz CT molecular complexity index is 1540. The summed E-state index contributed by atoms with van der Waals surface area (Å²) in [6.07, 6.45) is 3.80. The van der Waals surface area contributed by atoms with Gasteiger partial charge < -0.3 is 19.9 Å². The zero-order valence-corrected chi connectivity index (χ0v) is 20.4. The lowest BCUT2D eigenvalue weighted by molar-refractivity contribution is -0.131. The van der Waals surface area contributed by atoms with Gasteiger partial charge in [0.05, 0.1) is 5.56 Å². The SMILES string of the molecule is CC(=O)c1c(O)c(C)c(O)c2c1OC1=CC(=O)C(C(C)=NCCc3c[nH]c4ccccc34)C(=O)[C@@]12C. The monoisotopic (exact) mass is 486 g/mol. The first-order valence-corrected chi connectivity index (χ1v) is 11.7. The molecule has 8 heteroatoms. The summed E-state index contributed by atoms with van der Waals surface area (Å²) >= 11 is 0. The van der Waals surface area contributed by atoms with Gasteiger partial charge in [-0.15, -0.1) is 0 Å². The van der Waals surface area contributed by atoms with Gasteiger partial charge in [-0.25, -0.2) is 0 Å². The highest BCUT2D eigenvalue weighted by Gasteiger charge is 2.57. The fourth-order valence-corrected chi connectivity index (χ4v) is 5.28. The van der Waals surface area contributed by atoms with Crippen LogP contribution in [0.3, 0.4) is 0 Å². The minimum Gasteiger partial charge on any atom is -0.507 e. The number of aromatic hydroxyl groups is 2. The number of ketones is 3. The Labute approximate surface area is 207 Å². The number of Topliss-reactive ketones (excluding diaryl/α,β-unsaturated/α-hetero) is 2. The minimum absolute atomic E-state index is 0.0261. The first kappa shape index (κ1) is 23.5. The number of aliphatic imine (C=N–C) groups is 1. The van der Waals surface area contributed by atoms with E-state index in [-0.39, 0.29) is 33.9 Å². The highest BCUT2D eigenvalue weighted by molar-refractivity contribution is 6.29. The number of benzene rings is 2. The molecule has 2 atom stereocenters. The van der Waals surface area contributed by atoms with Crippen LogP contribution in [0.15, 0.2) is 47.3 Å². The van der Waals surface area contributed by atoms with Crippen LogP contribution in [0, 0.1) is 12.8 Å². The quantitative estimate of drug-likeness (QED) is 0.283. The number of carbonyl (C=O) groups is 3. The highest BCUT2D eigenvalue weighted by atomic mass is 16.5. The van der Waals surface area contributed by atoms with E-state index in [1.54, 1.807) is 13.8 Å². The first-order chi connectivity index (χ1) is 17.1. The van der Waals surface area contributed by atoms with Crippen LogP contribution in [0.2, 0.25) is 0 Å². The molecule has 2 heterocycles. The number of para-hydroxylation sites is 1. The molecule has 5 rings (SSSR count). The lowest BCUT2D eigenvalue weighted by Crippen LogP contribution is -2.47. The van der Waals surface area contributed by atoms with Gasteiger partial charge >= 0.3 is 0 Å². The number of fused-ring (bicyclic) bond motifs is 4. The van der Waals surface area contributed by atoms with Crippen molar-refractivity contribution in [1.29, 1.82) is 0 Å². The first-order valence-electron chi connectivity index (χ1n) is 11.7. The van der Waals surface area contributed by atoms with Gasteiger partial charge in [0.2, 0.25) is 0 Å². The largest absolute Gasteiger partial charge is 0.507 e. The van der Waals surface area contributed by atoms with Crippen LogP contribution in [-0.4, -0.2) is 44.8 Å². The van der Waals surface area contributed by atoms with Gasteiger partial charge in [-0.1, -0.05) is 18.2 Å². The van der Waals surface area contributed by atoms with Crippen LogP contribution in [0.5, 0.6) is 17.2 Å². The maximum absolute atomic E-state index is 13.9. The van der Waals surface area contributed by atoms with Crippen LogP contribution in [0.1, 0.15) is 47.8 Å². The van der Waals surface area contributed by atoms with E-state index in [2.05, 4.69) is 9.98 Å². The Morgan fingerprint density at radius 3 is 2.61 bits per heavy atom. The minimum atomic E-state index is -1.51. The molecule has 0 bridgehead atoms. The molecule has 8 nitrogen and oxygen atoms in total. The maximum atomic E-state index is 13.9. The van der Waals surface area contributed by atoms with E-state index in [9.17, 15) is 24.6 Å². The molecule has 0 radical (unpaired) electrons. The van der Waals surface area contributed by atoms with Crippen molar-refractivity contribution in [2.24, 2.45) is 10.9 Å². The van der Waals surface area contributed by atoms with E-state index in [1.807, 2.05) is 30.5 Å². The van der Waals surface area contributed by atoms with Crippen molar-refractivity contribution in [3.8, 4) is 17.2 Å². The third kappa shape index (κ3) is 3.21. The highest BCUT2D eigenvalue weighted by Crippen LogP contribution is 2.57. The Morgan fingerprint density at radius 2 is 1.89 bits per heavy atom. The molecule has 1 aliphatic carbocycles. The maximum Gasteiger partial charge on any atom is 0.175 e. The number of rotatable bonds is 5. The molecule has 2 aliphatic rings. The number of allylic oxidation sites excluding steroid dienone is 2. The number of aromatic amines is 1. The van der Waals surface area contributed by atoms with Crippen LogP contribution < -0.4 is 4.74 Å². The number of ether oxygens (including phenoxy) is 1. The number of hydrogen-bond acceptors (Lipinski definition) is 7. The molecule has 0 saturated carbocycles. The Hall–Kier alpha value is -4.20. The third-order valence-electron chi connectivity index (χ3n) is 7.34. The Morgan fingerprint density at radius 1 is 1.17 bits per heavy atom. The van der Waals surface area contributed by atoms with E-state index >= 15 is 0 Å². The van der Waals surface area contributed by atoms with Crippen molar-refractivity contribution in [1.82, 2.24) is 4.98 Å². The van der Waals surface area contributed by atoms with Crippen molar-refractivity contribution in [2.75, 3.05) is 6.54 Å². The van der Waals surface area contributed by atoms with Gasteiger partial charge in [-0.05, 0) is 45.7 Å². The predicted molar refractivity (Wildman–Crippen MR) is 134 cm³/mol. The molecule has 0 fully saturated rings. The molecule has 1 aliphatic heterocycles. The van der Waals surface area contributed by atoms with E-state index in [1.165, 1.54) is 19.9 Å². The number of nitrogens with zero attached hydrogens (tertiary/aromatic N) is 1. The third-order valence-corrected chi connectivity index (χ3v) is 7.34. The second-order valence-electron chi connectivity index (χ2n) is 9.53. The number of carbonyl (C=O) groups excluding carboxylic acids is 3. The summed E-state index contributed by atoms with van der Waals surface area (Å²) in [5.41, 5.74) is 1.01. The molecule has 0 saturated heterocycles. The molecule has 0 spiro atoms. The van der Waals surface area contributed by atoms with E-state index in [4.69, 9.17) is 4.74 Å². The molecule has 1 aromatic heterocycles. The molecular weight excluding hydrogens is 460 g/mol. The molecule has 36 heavy (non-hydrogen) atoms. The number of aromatic nitrogens is 1. The molecular formula is C28H26N2O6. The number of hydrogen-bond donors (Lipinski definition) is 3. The van der Waals surface area contributed by atoms with Gasteiger partial charge in [-0.3, -0.25) is 19.4 Å². The molecule has 0 amide bonds. The number of H-pyrrole nitrogens is 1. The van der Waals surface area contributed by atoms with Crippen molar-refractivity contribution < 1.29 is 29.3 Å². The zero-order valence-electron chi connectivity index (χ0n) is 20.4. The summed E-state index contributed by atoms with van der Waals surface area (Å²) < 4.78 is 5.80. The number of phenols is 2. The summed E-state index contributed by atoms with van der Waals surface area (Å²) in [4.78, 5) is 47.0. The molecule has 184 valence electrons. The molecule has 1 unspecified atom stereocenters. The van der Waals surface area contributed by atoms with Gasteiger partial charge in [0.1, 0.15) is 39.9 Å². The fraction of sp³-hybridized carbons (Fsp3) is 0.286. The lowest BCUT2D eigenvalue weighted by Gasteiger charge is -2.31. The average Bonchev–Trinajstić information content (AvgIpc) is 3.37. The summed E-state index contributed by atoms with van der Waals surface area (Å²) in [6.45, 7) is 6.31. The Kier molecular flexibility index (Phi) is 5.35. The Balaban J connectivity index is 1.50. The second-order valence-corrected chi connectivity index (χ2v) is 9.53. The summed E-state index contributed by atoms with van der Waals surface area (Å²) in [6, 6.07) is 7.94. The van der Waals surface area contributed by atoms with Crippen molar-refractivity contribution in [3.63, 3.8) is 0 Å². The van der Waals surface area contributed by atoms with Gasteiger partial charge in [0, 0.05) is 41.0 Å². The van der Waals surface area contributed by atoms with Crippen molar-refractivity contribution >= 4 is 34.0 Å². The van der Waals surface area contributed by atoms with Crippen LogP contribution >= 0.6 is 0 Å². The molecule has 2 aromatic carbocycles. The van der Waals surface area contributed by atoms with Crippen LogP contribution in [0.25, 0.3) is 10.9 Å². The molecule has 3 aromatic rings.